The number of anilines is 1. The number of pyridine rings is 2. The number of carbonyl (C=O) groups excluding carboxylic acids is 1. The molecule has 9 heteroatoms. The van der Waals surface area contributed by atoms with Crippen LogP contribution in [0.3, 0.4) is 0 Å². The number of aromatic nitrogens is 4. The fraction of sp³-hybridized carbons (Fsp3) is 0.207. The van der Waals surface area contributed by atoms with Gasteiger partial charge in [-0.1, -0.05) is 30.3 Å². The Bertz CT molecular complexity index is 1680. The number of hydrogen-bond donors (Lipinski definition) is 5. The third-order valence-corrected chi connectivity index (χ3v) is 7.27. The van der Waals surface area contributed by atoms with Crippen molar-refractivity contribution in [3.63, 3.8) is 0 Å². The summed E-state index contributed by atoms with van der Waals surface area (Å²) in [5.41, 5.74) is 16.1. The maximum atomic E-state index is 13.1. The summed E-state index contributed by atoms with van der Waals surface area (Å²) in [5, 5.41) is 14.1. The standard InChI is InChI=1S/C29H28N8O/c30-18-8-10-19(11-9-18)35-29(38)21-6-3-7-24-26(21)37-28(36-24)25(31)22-12-17(14-34-27(22)32)23-15-33-13-16-4-1-2-5-20(16)23/h1-7,12-15,18-19,31H,8-11,30H2,(H2,32,34)(H,35,38)(H,36,37). The molecule has 38 heavy (non-hydrogen) atoms. The maximum absolute atomic E-state index is 13.1. The lowest BCUT2D eigenvalue weighted by molar-refractivity contribution is 0.0927. The molecule has 5 aromatic rings. The number of nitrogens with one attached hydrogen (secondary N) is 3. The van der Waals surface area contributed by atoms with Gasteiger partial charge in [-0.2, -0.15) is 0 Å². The molecule has 0 atom stereocenters. The Hall–Kier alpha value is -4.63. The van der Waals surface area contributed by atoms with E-state index in [1.54, 1.807) is 18.5 Å². The highest BCUT2D eigenvalue weighted by molar-refractivity contribution is 6.14. The molecule has 0 saturated heterocycles. The second-order valence-corrected chi connectivity index (χ2v) is 9.81. The summed E-state index contributed by atoms with van der Waals surface area (Å²) in [6, 6.07) is 15.5. The number of nitrogen functional groups attached to an aromatic ring is 1. The number of fused-ring (bicyclic) bond motifs is 2. The van der Waals surface area contributed by atoms with E-state index in [0.29, 0.717) is 28.0 Å². The number of para-hydroxylation sites is 1. The third-order valence-electron chi connectivity index (χ3n) is 7.27. The second kappa shape index (κ2) is 9.68. The van der Waals surface area contributed by atoms with Crippen molar-refractivity contribution in [2.24, 2.45) is 5.73 Å². The highest BCUT2D eigenvalue weighted by atomic mass is 16.1. The lowest BCUT2D eigenvalue weighted by Crippen LogP contribution is -2.40. The third kappa shape index (κ3) is 4.37. The molecule has 2 aromatic carbocycles. The molecule has 1 saturated carbocycles. The predicted octanol–water partition coefficient (Wildman–Crippen LogP) is 4.17. The molecule has 0 unspecified atom stereocenters. The van der Waals surface area contributed by atoms with Gasteiger partial charge in [-0.15, -0.1) is 0 Å². The smallest absolute Gasteiger partial charge is 0.253 e. The van der Waals surface area contributed by atoms with Gasteiger partial charge in [-0.25, -0.2) is 9.97 Å². The zero-order chi connectivity index (χ0) is 26.2. The molecule has 0 bridgehead atoms. The first-order valence-corrected chi connectivity index (χ1v) is 12.7. The van der Waals surface area contributed by atoms with Gasteiger partial charge in [0.2, 0.25) is 0 Å². The van der Waals surface area contributed by atoms with Crippen LogP contribution in [0.4, 0.5) is 5.82 Å². The zero-order valence-electron chi connectivity index (χ0n) is 20.7. The molecule has 190 valence electrons. The van der Waals surface area contributed by atoms with Crippen LogP contribution in [0.2, 0.25) is 0 Å². The molecule has 1 aliphatic rings. The van der Waals surface area contributed by atoms with E-state index >= 15 is 0 Å². The summed E-state index contributed by atoms with van der Waals surface area (Å²) in [7, 11) is 0. The molecular weight excluding hydrogens is 476 g/mol. The first kappa shape index (κ1) is 23.7. The predicted molar refractivity (Wildman–Crippen MR) is 149 cm³/mol. The number of carbonyl (C=O) groups is 1. The summed E-state index contributed by atoms with van der Waals surface area (Å²) in [6.07, 6.45) is 8.84. The van der Waals surface area contributed by atoms with Gasteiger partial charge in [0.1, 0.15) is 17.0 Å². The number of nitrogens with zero attached hydrogens (tertiary/aromatic N) is 3. The Balaban J connectivity index is 1.33. The molecule has 0 aliphatic heterocycles. The quantitative estimate of drug-likeness (QED) is 0.226. The monoisotopic (exact) mass is 504 g/mol. The second-order valence-electron chi connectivity index (χ2n) is 9.81. The molecule has 1 aliphatic carbocycles. The Labute approximate surface area is 219 Å². The molecule has 1 fully saturated rings. The first-order valence-electron chi connectivity index (χ1n) is 12.7. The number of nitrogens with two attached hydrogens (primary N) is 2. The maximum Gasteiger partial charge on any atom is 0.253 e. The minimum absolute atomic E-state index is 0.0915. The van der Waals surface area contributed by atoms with E-state index in [2.05, 4.69) is 25.3 Å². The van der Waals surface area contributed by atoms with Crippen LogP contribution in [-0.2, 0) is 0 Å². The van der Waals surface area contributed by atoms with Gasteiger partial charge in [-0.3, -0.25) is 15.2 Å². The average molecular weight is 505 g/mol. The average Bonchev–Trinajstić information content (AvgIpc) is 3.38. The molecule has 9 nitrogen and oxygen atoms in total. The van der Waals surface area contributed by atoms with Crippen LogP contribution in [0, 0.1) is 5.41 Å². The van der Waals surface area contributed by atoms with E-state index < -0.39 is 0 Å². The largest absolute Gasteiger partial charge is 0.383 e. The van der Waals surface area contributed by atoms with Gasteiger partial charge in [0, 0.05) is 52.8 Å². The van der Waals surface area contributed by atoms with Gasteiger partial charge in [0.25, 0.3) is 5.91 Å². The van der Waals surface area contributed by atoms with Crippen LogP contribution in [0.25, 0.3) is 32.9 Å². The number of benzene rings is 2. The minimum atomic E-state index is -0.174. The highest BCUT2D eigenvalue weighted by Gasteiger charge is 2.23. The van der Waals surface area contributed by atoms with Crippen molar-refractivity contribution in [2.45, 2.75) is 37.8 Å². The summed E-state index contributed by atoms with van der Waals surface area (Å²) >= 11 is 0. The molecule has 3 aromatic heterocycles. The van der Waals surface area contributed by atoms with Crippen molar-refractivity contribution in [3.8, 4) is 11.1 Å². The van der Waals surface area contributed by atoms with Gasteiger partial charge in [0.15, 0.2) is 5.82 Å². The van der Waals surface area contributed by atoms with Crippen LogP contribution < -0.4 is 16.8 Å². The van der Waals surface area contributed by atoms with Crippen LogP contribution in [0.15, 0.2) is 67.1 Å². The Kier molecular flexibility index (Phi) is 6.05. The van der Waals surface area contributed by atoms with E-state index in [-0.39, 0.29) is 29.5 Å². The zero-order valence-corrected chi connectivity index (χ0v) is 20.7. The minimum Gasteiger partial charge on any atom is -0.383 e. The highest BCUT2D eigenvalue weighted by Crippen LogP contribution is 2.30. The molecule has 3 heterocycles. The molecule has 0 radical (unpaired) electrons. The van der Waals surface area contributed by atoms with Crippen LogP contribution in [0.1, 0.15) is 47.4 Å². The van der Waals surface area contributed by atoms with Crippen LogP contribution >= 0.6 is 0 Å². The van der Waals surface area contributed by atoms with Crippen LogP contribution in [0.5, 0.6) is 0 Å². The lowest BCUT2D eigenvalue weighted by atomic mass is 9.91. The molecule has 1 amide bonds. The van der Waals surface area contributed by atoms with E-state index in [9.17, 15) is 4.79 Å². The van der Waals surface area contributed by atoms with Crippen molar-refractivity contribution in [3.05, 3.63) is 84.1 Å². The fourth-order valence-electron chi connectivity index (χ4n) is 5.16. The lowest BCUT2D eigenvalue weighted by Gasteiger charge is -2.26. The topological polar surface area (TPSA) is 159 Å². The normalized spacial score (nSPS) is 17.5. The number of hydrogen-bond acceptors (Lipinski definition) is 7. The first-order chi connectivity index (χ1) is 18.5. The van der Waals surface area contributed by atoms with Crippen LogP contribution in [-0.4, -0.2) is 43.6 Å². The van der Waals surface area contributed by atoms with Gasteiger partial charge in [0.05, 0.1) is 11.1 Å². The van der Waals surface area contributed by atoms with Gasteiger partial charge >= 0.3 is 0 Å². The summed E-state index contributed by atoms with van der Waals surface area (Å²) in [4.78, 5) is 29.7. The van der Waals surface area contributed by atoms with Crippen molar-refractivity contribution in [1.29, 1.82) is 5.41 Å². The van der Waals surface area contributed by atoms with E-state index in [1.165, 1.54) is 0 Å². The molecular formula is C29H28N8O. The van der Waals surface area contributed by atoms with Crippen molar-refractivity contribution in [1.82, 2.24) is 25.3 Å². The number of imidazole rings is 1. The Morgan fingerprint density at radius 1 is 1.00 bits per heavy atom. The number of aromatic amines is 1. The van der Waals surface area contributed by atoms with E-state index in [4.69, 9.17) is 16.9 Å². The van der Waals surface area contributed by atoms with Gasteiger partial charge in [-0.05, 0) is 49.3 Å². The fourth-order valence-corrected chi connectivity index (χ4v) is 5.16. The SMILES string of the molecule is N=C(c1nc2c(C(=O)NC3CCC(N)CC3)cccc2[nH]1)c1cc(-c2cncc3ccccc23)cnc1N. The van der Waals surface area contributed by atoms with Crippen molar-refractivity contribution < 1.29 is 4.79 Å². The number of H-pyrrole nitrogens is 1. The summed E-state index contributed by atoms with van der Waals surface area (Å²) < 4.78 is 0. The van der Waals surface area contributed by atoms with E-state index in [0.717, 1.165) is 47.6 Å². The van der Waals surface area contributed by atoms with Crippen molar-refractivity contribution >= 4 is 39.2 Å². The Morgan fingerprint density at radius 2 is 1.82 bits per heavy atom. The molecule has 7 N–H and O–H groups in total. The molecule has 0 spiro atoms. The van der Waals surface area contributed by atoms with Crippen molar-refractivity contribution in [2.75, 3.05) is 5.73 Å². The summed E-state index contributed by atoms with van der Waals surface area (Å²) in [5.74, 6) is 0.360. The summed E-state index contributed by atoms with van der Waals surface area (Å²) in [6.45, 7) is 0. The number of amides is 1. The molecule has 6 rings (SSSR count). The van der Waals surface area contributed by atoms with Gasteiger partial charge < -0.3 is 21.8 Å². The Morgan fingerprint density at radius 3 is 2.66 bits per heavy atom. The number of rotatable bonds is 5. The van der Waals surface area contributed by atoms with E-state index in [1.807, 2.05) is 48.7 Å².